The van der Waals surface area contributed by atoms with Crippen LogP contribution in [0.15, 0.2) is 115 Å². The lowest BCUT2D eigenvalue weighted by Gasteiger charge is -2.59. The van der Waals surface area contributed by atoms with Gasteiger partial charge in [-0.1, -0.05) is 153 Å². The summed E-state index contributed by atoms with van der Waals surface area (Å²) in [7, 11) is 0. The number of ketones is 4. The van der Waals surface area contributed by atoms with E-state index in [-0.39, 0.29) is 162 Å². The predicted molar refractivity (Wildman–Crippen MR) is 536 cm³/mol. The molecule has 728 valence electrons. The van der Waals surface area contributed by atoms with Crippen LogP contribution in [-0.2, 0) is 31.8 Å². The smallest absolute Gasteiger partial charge is 0.407 e. The summed E-state index contributed by atoms with van der Waals surface area (Å²) in [4.78, 5) is 107. The number of quaternary nitrogens is 1. The average molecular weight is 2160 g/mol. The van der Waals surface area contributed by atoms with E-state index in [1.807, 2.05) is 29.6 Å². The van der Waals surface area contributed by atoms with Crippen LogP contribution in [0.3, 0.4) is 0 Å². The van der Waals surface area contributed by atoms with Crippen molar-refractivity contribution in [3.05, 3.63) is 171 Å². The minimum absolute atomic E-state index is 0. The Morgan fingerprint density at radius 3 is 1.25 bits per heavy atom. The molecular weight excluding hydrogens is 2020 g/mol. The van der Waals surface area contributed by atoms with Crippen LogP contribution in [0.1, 0.15) is 320 Å². The Bertz CT molecular complexity index is 5050. The lowest BCUT2D eigenvalue weighted by molar-refractivity contribution is -0.480. The van der Waals surface area contributed by atoms with E-state index in [2.05, 4.69) is 187 Å². The molecule has 0 radical (unpaired) electrons. The van der Waals surface area contributed by atoms with Crippen LogP contribution in [0.4, 0.5) is 41.9 Å². The summed E-state index contributed by atoms with van der Waals surface area (Å²) in [6, 6.07) is 26.8. The van der Waals surface area contributed by atoms with E-state index in [9.17, 15) is 48.6 Å². The van der Waals surface area contributed by atoms with Crippen LogP contribution in [0.25, 0.3) is 0 Å². The van der Waals surface area contributed by atoms with Gasteiger partial charge in [0.25, 0.3) is 0 Å². The van der Waals surface area contributed by atoms with Crippen molar-refractivity contribution in [2.75, 3.05) is 44.8 Å². The molecule has 10 aliphatic rings. The molecule has 6 aromatic carbocycles. The topological polar surface area (TPSA) is 291 Å². The third kappa shape index (κ3) is 22.9. The summed E-state index contributed by atoms with van der Waals surface area (Å²) >= 11 is 14.7. The predicted octanol–water partition coefficient (Wildman–Crippen LogP) is 23.0. The number of carbonyl (C=O) groups excluding carboxylic acids is 8. The van der Waals surface area contributed by atoms with Gasteiger partial charge in [-0.15, -0.1) is 0 Å². The van der Waals surface area contributed by atoms with E-state index < -0.39 is 18.0 Å². The first kappa shape index (κ1) is 104. The Hall–Kier alpha value is -7.16. The monoisotopic (exact) mass is 2150 g/mol. The fraction of sp³-hybridized carbons (Fsp3) is 0.596. The molecule has 25 heteroatoms. The van der Waals surface area contributed by atoms with Crippen LogP contribution < -0.4 is 48.9 Å². The molecule has 16 rings (SSSR count). The molecule has 134 heavy (non-hydrogen) atoms. The van der Waals surface area contributed by atoms with Crippen molar-refractivity contribution in [1.29, 1.82) is 0 Å². The molecule has 8 saturated carbocycles. The maximum Gasteiger partial charge on any atom is 0.407 e. The molecule has 0 spiro atoms. The summed E-state index contributed by atoms with van der Waals surface area (Å²) in [6.07, 6.45) is 24.7. The summed E-state index contributed by atoms with van der Waals surface area (Å²) in [6.45, 7) is 34.8. The van der Waals surface area contributed by atoms with E-state index in [0.717, 1.165) is 124 Å². The van der Waals surface area contributed by atoms with Crippen molar-refractivity contribution in [3.63, 3.8) is 0 Å². The molecular formula is C109H143Br5N6O14. The highest BCUT2D eigenvalue weighted by Gasteiger charge is 2.57. The number of hydrogen-bond acceptors (Lipinski definition) is 15. The summed E-state index contributed by atoms with van der Waals surface area (Å²) in [5, 5.41) is 38.9. The van der Waals surface area contributed by atoms with Crippen molar-refractivity contribution < 1.29 is 89.8 Å². The molecule has 0 saturated heterocycles. The normalized spacial score (nSPS) is 29.6. The molecule has 9 N–H and O–H groups in total. The average Bonchev–Trinajstić information content (AvgIpc) is 0.758. The number of carbonyl (C=O) groups is 8. The molecule has 6 aromatic rings. The van der Waals surface area contributed by atoms with Gasteiger partial charge in [0.05, 0.1) is 69.0 Å². The van der Waals surface area contributed by atoms with Crippen molar-refractivity contribution in [3.8, 4) is 11.5 Å². The van der Waals surface area contributed by atoms with Gasteiger partial charge in [0.15, 0.2) is 23.0 Å². The molecule has 16 unspecified atom stereocenters. The van der Waals surface area contributed by atoms with E-state index in [1.54, 1.807) is 60.7 Å². The fourth-order valence-electron chi connectivity index (χ4n) is 27.1. The zero-order valence-corrected chi connectivity index (χ0v) is 88.1. The highest BCUT2D eigenvalue weighted by atomic mass is 79.9. The fourth-order valence-corrected chi connectivity index (χ4v) is 30.1. The van der Waals surface area contributed by atoms with Crippen LogP contribution in [0.5, 0.6) is 11.5 Å². The molecule has 10 aliphatic carbocycles. The maximum atomic E-state index is 13.6. The zero-order chi connectivity index (χ0) is 94.7. The Morgan fingerprint density at radius 2 is 0.836 bits per heavy atom. The Labute approximate surface area is 838 Å². The number of anilines is 2. The Kier molecular flexibility index (Phi) is 32.4. The number of aromatic hydroxyl groups is 2. The molecule has 8 fully saturated rings. The Morgan fingerprint density at radius 1 is 0.448 bits per heavy atom. The number of phenols is 2. The standard InChI is InChI=1S/2C54H69Br2N3O7.CH4.BrH/c2*1-31(2)33-13-15-39-34(24-33)12-14-35-25-52(5,19-20-54(35,39)7)30-66-49(63)57-29-53(6)27-36(26-51(3,4)28-53)58-50(64)65-21-18-32-22-40(55)46(41(56)23-32)59-42-16-17-43(60)45-44(42)47(61)37-10-8-9-11-38(37)48(45)62;;/h2*8-11,16-17,22-23,31,33-36,39,59-60H,12-15,18-21,24-30H2,1-7H3,(H,57,63)(H,58,64);1H4;1H. The van der Waals surface area contributed by atoms with Gasteiger partial charge < -0.3 is 72.7 Å². The second-order valence-corrected chi connectivity index (χ2v) is 49.2. The second-order valence-electron chi connectivity index (χ2n) is 45.8. The maximum absolute atomic E-state index is 13.6. The van der Waals surface area contributed by atoms with Crippen LogP contribution >= 0.6 is 63.7 Å². The van der Waals surface area contributed by atoms with Crippen molar-refractivity contribution in [2.24, 2.45) is 102 Å². The first-order chi connectivity index (χ1) is 62.3. The molecule has 20 nitrogen and oxygen atoms in total. The van der Waals surface area contributed by atoms with Gasteiger partial charge in [-0.2, -0.15) is 0 Å². The second kappa shape index (κ2) is 41.7. The molecule has 4 amide bonds. The van der Waals surface area contributed by atoms with Gasteiger partial charge in [-0.3, -0.25) is 24.5 Å². The number of alkyl carbamates (subject to hydrolysis) is 4. The number of hydrogen-bond donors (Lipinski definition) is 8. The van der Waals surface area contributed by atoms with E-state index >= 15 is 0 Å². The molecule has 16 atom stereocenters. The van der Waals surface area contributed by atoms with Crippen LogP contribution in [-0.4, -0.2) is 109 Å². The Balaban J connectivity index is 0.000000224. The summed E-state index contributed by atoms with van der Waals surface area (Å²) in [5.74, 6) is 6.26. The first-order valence-corrected chi connectivity index (χ1v) is 51.8. The first-order valence-electron chi connectivity index (χ1n) is 48.7. The van der Waals surface area contributed by atoms with Crippen molar-refractivity contribution in [1.82, 2.24) is 21.3 Å². The van der Waals surface area contributed by atoms with E-state index in [1.165, 1.54) is 89.2 Å². The van der Waals surface area contributed by atoms with Gasteiger partial charge in [0.1, 0.15) is 17.2 Å². The number of benzene rings is 6. The minimum atomic E-state index is -0.477. The lowest BCUT2D eigenvalue weighted by Crippen LogP contribution is -3.00. The summed E-state index contributed by atoms with van der Waals surface area (Å²) in [5.41, 5.74) is 5.69. The highest BCUT2D eigenvalue weighted by molar-refractivity contribution is 9.11. The molecule has 0 heterocycles. The SMILES string of the molecule is C.CC(C)C1CCC2C(CCC3CC(C)(COC(=O)NCC4(C)CC(NC(=O)OCCc5cc(Br)c(Nc6ccc(O)c7c6C(=O)c6ccccc6C7=O)c(Br)c5)CC(C)(C)C4)CCC32C)C1.CC(C)C1CCC2C(CCC3CC(C)(COC(=O)NCC4(C)CC(NC(=O)OCCc5cc(Br)c([NH2+]c6ccc(O)c7c6C(=O)c6ccccc6C7=O)c(Br)c5)CC(C)(C)C4)CCC32C)C1.[Br-]. The largest absolute Gasteiger partial charge is 1.00 e. The van der Waals surface area contributed by atoms with E-state index in [4.69, 9.17) is 18.9 Å². The lowest BCUT2D eigenvalue weighted by atomic mass is 9.46. The van der Waals surface area contributed by atoms with Gasteiger partial charge in [-0.25, -0.2) is 19.2 Å². The van der Waals surface area contributed by atoms with Gasteiger partial charge in [0.2, 0.25) is 5.78 Å². The van der Waals surface area contributed by atoms with Crippen LogP contribution in [0, 0.1) is 102 Å². The van der Waals surface area contributed by atoms with Gasteiger partial charge in [-0.05, 0) is 350 Å². The third-order valence-electron chi connectivity index (χ3n) is 33.4. The molecule has 0 aromatic heterocycles. The zero-order valence-electron chi connectivity index (χ0n) is 80.1. The number of halogens is 5. The number of phenolic OH excluding ortho intramolecular Hbond substituents is 2. The number of fused-ring (bicyclic) bond motifs is 10. The minimum Gasteiger partial charge on any atom is -1.00 e. The molecule has 0 aliphatic heterocycles. The van der Waals surface area contributed by atoms with E-state index in [0.29, 0.717) is 106 Å². The van der Waals surface area contributed by atoms with Crippen molar-refractivity contribution in [2.45, 2.75) is 271 Å². The van der Waals surface area contributed by atoms with Crippen molar-refractivity contribution >= 4 is 134 Å². The number of rotatable bonds is 22. The number of amides is 4. The number of nitrogens with one attached hydrogen (secondary N) is 5. The van der Waals surface area contributed by atoms with Gasteiger partial charge in [0, 0.05) is 86.1 Å². The molecule has 0 bridgehead atoms. The quantitative estimate of drug-likeness (QED) is 0.0178. The van der Waals surface area contributed by atoms with Crippen LogP contribution in [0.2, 0.25) is 0 Å². The third-order valence-corrected chi connectivity index (χ3v) is 36.0. The number of nitrogens with two attached hydrogens (primary N) is 1. The summed E-state index contributed by atoms with van der Waals surface area (Å²) < 4.78 is 26.3. The number of ether oxygens (including phenoxy) is 4. The highest BCUT2D eigenvalue weighted by Crippen LogP contribution is 2.65. The van der Waals surface area contributed by atoms with Gasteiger partial charge >= 0.3 is 24.4 Å².